The molecule has 0 saturated heterocycles. The molecule has 2 rings (SSSR count). The fourth-order valence-corrected chi connectivity index (χ4v) is 3.37. The van der Waals surface area contributed by atoms with Gasteiger partial charge in [-0.25, -0.2) is 0 Å². The quantitative estimate of drug-likeness (QED) is 0.722. The number of H-pyrrole nitrogens is 1. The summed E-state index contributed by atoms with van der Waals surface area (Å²) in [5, 5.41) is 10.1. The third kappa shape index (κ3) is 7.00. The number of carboxylic acids is 1. The van der Waals surface area contributed by atoms with Gasteiger partial charge in [-0.1, -0.05) is 20.8 Å². The molecule has 0 aliphatic carbocycles. The van der Waals surface area contributed by atoms with Crippen LogP contribution in [0.3, 0.4) is 0 Å². The topological polar surface area (TPSA) is 71.5 Å². The van der Waals surface area contributed by atoms with E-state index in [9.17, 15) is 4.79 Å². The Kier molecular flexibility index (Phi) is 8.32. The van der Waals surface area contributed by atoms with Crippen molar-refractivity contribution in [2.45, 2.75) is 50.7 Å². The molecule has 2 aromatic rings. The number of carbonyl (C=O) groups is 1. The normalized spacial score (nSPS) is 11.1. The van der Waals surface area contributed by atoms with Crippen LogP contribution in [0.1, 0.15) is 40.3 Å². The Morgan fingerprint density at radius 2 is 1.88 bits per heavy atom. The molecule has 0 radical (unpaired) electrons. The van der Waals surface area contributed by atoms with Gasteiger partial charge in [0.05, 0.1) is 13.5 Å². The molecule has 0 amide bonds. The molecule has 0 aliphatic heterocycles. The minimum atomic E-state index is -0.834. The maximum Gasteiger partial charge on any atom is 0.309 e. The van der Waals surface area contributed by atoms with Crippen LogP contribution in [0.2, 0.25) is 0 Å². The number of fused-ring (bicyclic) bond motifs is 1. The minimum Gasteiger partial charge on any atom is -0.497 e. The summed E-state index contributed by atoms with van der Waals surface area (Å²) in [5.41, 5.74) is 1.69. The second-order valence-corrected chi connectivity index (χ2v) is 8.25. The number of hydrogen-bond acceptors (Lipinski definition) is 4. The molecular weight excluding hydrogens is 338 g/mol. The molecule has 0 unspecified atom stereocenters. The van der Waals surface area contributed by atoms with Crippen LogP contribution in [0.25, 0.3) is 10.9 Å². The molecule has 0 saturated carbocycles. The predicted octanol–water partition coefficient (Wildman–Crippen LogP) is 4.74. The number of nitrogens with one attached hydrogen (secondary N) is 1. The van der Waals surface area contributed by atoms with Gasteiger partial charge in [0, 0.05) is 39.5 Å². The van der Waals surface area contributed by atoms with E-state index >= 15 is 0 Å². The summed E-state index contributed by atoms with van der Waals surface area (Å²) in [5.74, 6) is -0.0617. The second kappa shape index (κ2) is 9.73. The number of methoxy groups -OCH3 is 1. The lowest BCUT2D eigenvalue weighted by Gasteiger charge is -2.18. The highest BCUT2D eigenvalue weighted by atomic mass is 32.2. The van der Waals surface area contributed by atoms with Crippen LogP contribution in [0.15, 0.2) is 23.1 Å². The number of rotatable bonds is 6. The van der Waals surface area contributed by atoms with Gasteiger partial charge in [0.25, 0.3) is 0 Å². The van der Waals surface area contributed by atoms with Crippen molar-refractivity contribution in [2.75, 3.05) is 20.3 Å². The van der Waals surface area contributed by atoms with Crippen molar-refractivity contribution < 1.29 is 19.4 Å². The Morgan fingerprint density at radius 1 is 1.24 bits per heavy atom. The van der Waals surface area contributed by atoms with E-state index in [0.29, 0.717) is 0 Å². The average molecular weight is 368 g/mol. The number of aromatic nitrogens is 1. The molecular formula is C19H29NO4S. The van der Waals surface area contributed by atoms with Crippen LogP contribution in [0.5, 0.6) is 5.75 Å². The molecule has 6 heteroatoms. The van der Waals surface area contributed by atoms with Gasteiger partial charge in [-0.15, -0.1) is 11.8 Å². The maximum absolute atomic E-state index is 11.0. The highest BCUT2D eigenvalue weighted by Crippen LogP contribution is 2.40. The highest BCUT2D eigenvalue weighted by Gasteiger charge is 2.21. The van der Waals surface area contributed by atoms with Crippen LogP contribution in [0.4, 0.5) is 0 Å². The average Bonchev–Trinajstić information content (AvgIpc) is 2.83. The largest absolute Gasteiger partial charge is 0.497 e. The first-order valence-corrected chi connectivity index (χ1v) is 9.20. The first-order valence-electron chi connectivity index (χ1n) is 8.39. The van der Waals surface area contributed by atoms with E-state index in [2.05, 4.69) is 25.8 Å². The van der Waals surface area contributed by atoms with Crippen molar-refractivity contribution in [2.24, 2.45) is 0 Å². The van der Waals surface area contributed by atoms with E-state index < -0.39 is 5.97 Å². The summed E-state index contributed by atoms with van der Waals surface area (Å²) in [6, 6.07) is 5.74. The summed E-state index contributed by atoms with van der Waals surface area (Å²) in [7, 11) is 1.63. The Balaban J connectivity index is 0.000000550. The highest BCUT2D eigenvalue weighted by molar-refractivity contribution is 8.00. The van der Waals surface area contributed by atoms with Gasteiger partial charge < -0.3 is 19.6 Å². The second-order valence-electron chi connectivity index (χ2n) is 6.41. The van der Waals surface area contributed by atoms with Crippen molar-refractivity contribution in [3.63, 3.8) is 0 Å². The summed E-state index contributed by atoms with van der Waals surface area (Å²) in [6.07, 6.45) is -0.00455. The summed E-state index contributed by atoms with van der Waals surface area (Å²) >= 11 is 1.67. The van der Waals surface area contributed by atoms with E-state index in [-0.39, 0.29) is 11.2 Å². The molecule has 2 N–H and O–H groups in total. The molecule has 25 heavy (non-hydrogen) atoms. The van der Waals surface area contributed by atoms with E-state index in [0.717, 1.165) is 40.5 Å². The summed E-state index contributed by atoms with van der Waals surface area (Å²) in [4.78, 5) is 15.2. The third-order valence-electron chi connectivity index (χ3n) is 3.18. The van der Waals surface area contributed by atoms with Gasteiger partial charge >= 0.3 is 5.97 Å². The van der Waals surface area contributed by atoms with Crippen LogP contribution in [0, 0.1) is 0 Å². The first-order chi connectivity index (χ1) is 11.7. The molecule has 1 heterocycles. The first kappa shape index (κ1) is 21.4. The summed E-state index contributed by atoms with van der Waals surface area (Å²) < 4.78 is 10.1. The number of thioether (sulfide) groups is 1. The van der Waals surface area contributed by atoms with E-state index in [1.54, 1.807) is 18.9 Å². The maximum atomic E-state index is 11.0. The van der Waals surface area contributed by atoms with E-state index in [4.69, 9.17) is 14.6 Å². The van der Waals surface area contributed by atoms with Crippen LogP contribution in [-0.4, -0.2) is 41.1 Å². The van der Waals surface area contributed by atoms with Crippen LogP contribution in [-0.2, 0) is 16.0 Å². The zero-order valence-corrected chi connectivity index (χ0v) is 16.8. The lowest BCUT2D eigenvalue weighted by atomic mass is 10.2. The van der Waals surface area contributed by atoms with Crippen molar-refractivity contribution in [3.8, 4) is 5.75 Å². The molecule has 0 spiro atoms. The van der Waals surface area contributed by atoms with E-state index in [1.165, 1.54) is 0 Å². The Morgan fingerprint density at radius 3 is 2.32 bits per heavy atom. The fourth-order valence-electron chi connectivity index (χ4n) is 2.23. The van der Waals surface area contributed by atoms with Gasteiger partial charge in [-0.05, 0) is 32.0 Å². The molecule has 1 aromatic carbocycles. The monoisotopic (exact) mass is 367 g/mol. The number of benzene rings is 1. The van der Waals surface area contributed by atoms with Gasteiger partial charge in [0.1, 0.15) is 5.75 Å². The van der Waals surface area contributed by atoms with Crippen LogP contribution >= 0.6 is 11.8 Å². The Hall–Kier alpha value is -1.66. The van der Waals surface area contributed by atoms with Crippen LogP contribution < -0.4 is 4.74 Å². The van der Waals surface area contributed by atoms with Gasteiger partial charge in [0.15, 0.2) is 0 Å². The lowest BCUT2D eigenvalue weighted by molar-refractivity contribution is -0.136. The predicted molar refractivity (Wildman–Crippen MR) is 104 cm³/mol. The van der Waals surface area contributed by atoms with Crippen molar-refractivity contribution >= 4 is 28.6 Å². The molecule has 0 aliphatic rings. The van der Waals surface area contributed by atoms with Gasteiger partial charge in [-0.3, -0.25) is 4.79 Å². The fraction of sp³-hybridized carbons (Fsp3) is 0.526. The molecule has 5 nitrogen and oxygen atoms in total. The molecule has 140 valence electrons. The molecule has 1 aromatic heterocycles. The number of aromatic amines is 1. The van der Waals surface area contributed by atoms with Crippen molar-refractivity contribution in [3.05, 3.63) is 23.9 Å². The van der Waals surface area contributed by atoms with Crippen molar-refractivity contribution in [1.82, 2.24) is 4.98 Å². The smallest absolute Gasteiger partial charge is 0.309 e. The number of ether oxygens (including phenoxy) is 2. The Labute approximate surface area is 154 Å². The number of carboxylic acid groups (broad SMARTS) is 1. The Bertz CT molecular complexity index is 687. The van der Waals surface area contributed by atoms with Gasteiger partial charge in [-0.2, -0.15) is 0 Å². The zero-order chi connectivity index (χ0) is 19.0. The van der Waals surface area contributed by atoms with Gasteiger partial charge in [0.2, 0.25) is 0 Å². The SMILES string of the molecule is CCOCC.COc1ccc2[nH]c(CC(=O)O)c(SC(C)(C)C)c2c1. The van der Waals surface area contributed by atoms with E-state index in [1.807, 2.05) is 32.0 Å². The standard InChI is InChI=1S/C15H19NO3S.C4H10O/c1-15(2,3)20-14-10-7-9(19-4)5-6-11(10)16-12(14)8-13(17)18;1-3-5-4-2/h5-7,16H,8H2,1-4H3,(H,17,18);3-4H2,1-2H3. The third-order valence-corrected chi connectivity index (χ3v) is 4.46. The minimum absolute atomic E-state index is 0.00455. The summed E-state index contributed by atoms with van der Waals surface area (Å²) in [6.45, 7) is 12.0. The molecule has 0 fully saturated rings. The number of aliphatic carboxylic acids is 1. The van der Waals surface area contributed by atoms with Crippen molar-refractivity contribution in [1.29, 1.82) is 0 Å². The number of hydrogen-bond donors (Lipinski definition) is 2. The lowest BCUT2D eigenvalue weighted by Crippen LogP contribution is -2.08. The molecule has 0 atom stereocenters. The zero-order valence-electron chi connectivity index (χ0n) is 15.9. The molecule has 0 bridgehead atoms.